The van der Waals surface area contributed by atoms with Gasteiger partial charge in [0.15, 0.2) is 17.4 Å². The van der Waals surface area contributed by atoms with E-state index in [9.17, 15) is 63.9 Å². The molecule has 1 spiro atoms. The molecule has 1 saturated heterocycles. The first-order valence-corrected chi connectivity index (χ1v) is 23.6. The maximum absolute atomic E-state index is 14.6. The standard InChI is InChI=1S/C24H22Cl2F4N2O4.C23H20ClF4N3O4.CH2O3.2K.H/c1-2-36-22(35)15-9-23(10-15,20(33)8-19-18(27)7-17(26)12-31-19)32(21(34)11-25)13-14-3-5-16(6-4-14)24(28,29)30;1-2-35-20(33)14-8-22(9-14)21(34)30(19-17(25)7-16(24)10-29-19)12-18(32)31(22)11-13-3-5-15(6-4-13)23(26,27)28;2-1-4-3;;;/h3-7,12,15H,2,8-11,13H2,1H3;3-7,10,14H,2,8-9,11-12H2,1H3;1,3H;;;/q;;;2*+1;-1/p-1. The number of anilines is 1. The van der Waals surface area contributed by atoms with Crippen molar-refractivity contribution in [2.24, 2.45) is 11.8 Å². The summed E-state index contributed by atoms with van der Waals surface area (Å²) in [5, 5.41) is 8.47. The molecule has 3 heterocycles. The van der Waals surface area contributed by atoms with Crippen LogP contribution in [0.1, 0.15) is 68.9 Å². The number of alkyl halides is 7. The molecule has 7 rings (SSSR count). The molecule has 0 radical (unpaired) electrons. The van der Waals surface area contributed by atoms with Crippen LogP contribution >= 0.6 is 34.8 Å². The fourth-order valence-corrected chi connectivity index (χ4v) is 9.11. The number of halogens is 11. The van der Waals surface area contributed by atoms with E-state index in [-0.39, 0.29) is 184 Å². The number of aromatic nitrogens is 2. The van der Waals surface area contributed by atoms with Crippen molar-refractivity contribution in [3.8, 4) is 0 Å². The van der Waals surface area contributed by atoms with Crippen molar-refractivity contribution in [2.75, 3.05) is 30.5 Å². The van der Waals surface area contributed by atoms with Gasteiger partial charge in [0, 0.05) is 25.5 Å². The molecule has 2 saturated carbocycles. The van der Waals surface area contributed by atoms with E-state index in [2.05, 4.69) is 14.9 Å². The number of carbonyl (C=O) groups excluding carboxylic acids is 7. The minimum Gasteiger partial charge on any atom is -1.00 e. The van der Waals surface area contributed by atoms with E-state index in [0.29, 0.717) is 11.1 Å². The number of amides is 3. The molecule has 2 aromatic carbocycles. The summed E-state index contributed by atoms with van der Waals surface area (Å²) in [4.78, 5) is 100. The molecule has 3 fully saturated rings. The van der Waals surface area contributed by atoms with Gasteiger partial charge in [0.25, 0.3) is 12.4 Å². The number of hydrogen-bond donors (Lipinski definition) is 0. The van der Waals surface area contributed by atoms with Crippen LogP contribution in [0.4, 0.5) is 40.9 Å². The molecular formula is C48H44Cl3F8K2N5O11. The Morgan fingerprint density at radius 2 is 1.26 bits per heavy atom. The van der Waals surface area contributed by atoms with Crippen LogP contribution in [0.25, 0.3) is 0 Å². The van der Waals surface area contributed by atoms with Gasteiger partial charge in [-0.25, -0.2) is 13.8 Å². The summed E-state index contributed by atoms with van der Waals surface area (Å²) in [6, 6.07) is 10.3. The molecule has 29 heteroatoms. The average Bonchev–Trinajstić information content (AvgIpc) is 3.32. The number of ether oxygens (including phenoxy) is 2. The second kappa shape index (κ2) is 29.5. The number of pyridine rings is 2. The van der Waals surface area contributed by atoms with E-state index in [4.69, 9.17) is 54.3 Å². The summed E-state index contributed by atoms with van der Waals surface area (Å²) in [6.45, 7) is 2.39. The van der Waals surface area contributed by atoms with Crippen molar-refractivity contribution in [2.45, 2.75) is 82.5 Å². The Labute approximate surface area is 536 Å². The summed E-state index contributed by atoms with van der Waals surface area (Å²) in [5.41, 5.74) is -4.30. The first kappa shape index (κ1) is 68.0. The fourth-order valence-electron chi connectivity index (χ4n) is 8.68. The second-order valence-electron chi connectivity index (χ2n) is 17.0. The number of carbonyl (C=O) groups is 7. The van der Waals surface area contributed by atoms with E-state index in [0.717, 1.165) is 52.4 Å². The average molecular weight is 1200 g/mol. The Bertz CT molecular complexity index is 2760. The molecule has 4 aromatic rings. The van der Waals surface area contributed by atoms with Gasteiger partial charge in [-0.1, -0.05) is 47.5 Å². The van der Waals surface area contributed by atoms with Gasteiger partial charge in [-0.05, 0) is 87.1 Å². The number of benzene rings is 2. The van der Waals surface area contributed by atoms with E-state index in [1.54, 1.807) is 13.8 Å². The monoisotopic (exact) mass is 1200 g/mol. The molecule has 3 amide bonds. The molecule has 0 bridgehead atoms. The van der Waals surface area contributed by atoms with Gasteiger partial charge >= 0.3 is 127 Å². The molecule has 406 valence electrons. The smallest absolute Gasteiger partial charge is 1.00 e. The Hall–Kier alpha value is -3.23. The third kappa shape index (κ3) is 16.7. The van der Waals surface area contributed by atoms with E-state index < -0.39 is 112 Å². The van der Waals surface area contributed by atoms with Crippen LogP contribution in [0.2, 0.25) is 10.0 Å². The third-order valence-corrected chi connectivity index (χ3v) is 13.0. The predicted molar refractivity (Wildman–Crippen MR) is 247 cm³/mol. The van der Waals surface area contributed by atoms with Crippen molar-refractivity contribution in [3.63, 3.8) is 0 Å². The molecule has 3 aliphatic rings. The van der Waals surface area contributed by atoms with Crippen molar-refractivity contribution < 1.29 is 192 Å². The molecular weight excluding hydrogens is 1160 g/mol. The summed E-state index contributed by atoms with van der Waals surface area (Å²) >= 11 is 17.3. The van der Waals surface area contributed by atoms with Crippen LogP contribution in [-0.2, 0) is 79.8 Å². The maximum atomic E-state index is 14.6. The Morgan fingerprint density at radius 1 is 0.792 bits per heavy atom. The first-order valence-electron chi connectivity index (χ1n) is 22.3. The van der Waals surface area contributed by atoms with Gasteiger partial charge < -0.3 is 30.8 Å². The predicted octanol–water partition coefficient (Wildman–Crippen LogP) is 1.52. The number of hydrogen-bond acceptors (Lipinski definition) is 13. The number of piperazine rings is 1. The van der Waals surface area contributed by atoms with Crippen LogP contribution in [0.3, 0.4) is 0 Å². The van der Waals surface area contributed by atoms with Gasteiger partial charge in [0.05, 0.1) is 58.3 Å². The minimum atomic E-state index is -4.54. The largest absolute Gasteiger partial charge is 1.00 e. The Morgan fingerprint density at radius 3 is 1.70 bits per heavy atom. The molecule has 2 aromatic heterocycles. The first-order chi connectivity index (χ1) is 35.3. The molecule has 77 heavy (non-hydrogen) atoms. The number of rotatable bonds is 15. The SMILES string of the molecule is CCOC(=O)C1CC(C(=O)Cc2ncc(Cl)cc2F)(N(Cc2ccc(C(F)(F)F)cc2)C(=O)CCl)C1.CCOC(=O)C1CC2(C1)C(=O)N(c1ncc(Cl)cc1F)CC(=O)N2Cc1ccc(C(F)(F)F)cc1.O=CO[O-].[H-].[K+].[K+]. The number of nitrogens with zero attached hydrogens (tertiary/aromatic N) is 5. The zero-order valence-electron chi connectivity index (χ0n) is 42.3. The van der Waals surface area contributed by atoms with Crippen molar-refractivity contribution in [1.29, 1.82) is 0 Å². The molecule has 1 aliphatic heterocycles. The van der Waals surface area contributed by atoms with E-state index in [1.165, 1.54) is 35.4 Å². The second-order valence-corrected chi connectivity index (χ2v) is 18.1. The van der Waals surface area contributed by atoms with Crippen LogP contribution in [-0.4, -0.2) is 98.4 Å². The minimum absolute atomic E-state index is 0. The van der Waals surface area contributed by atoms with Gasteiger partial charge in [-0.15, -0.1) is 11.6 Å². The molecule has 2 aliphatic carbocycles. The van der Waals surface area contributed by atoms with Crippen LogP contribution in [0, 0.1) is 23.5 Å². The van der Waals surface area contributed by atoms with Crippen LogP contribution in [0.15, 0.2) is 73.1 Å². The quantitative estimate of drug-likeness (QED) is 0.0316. The fraction of sp³-hybridized carbons (Fsp3) is 0.396. The summed E-state index contributed by atoms with van der Waals surface area (Å²) in [5.74, 6) is -7.52. The van der Waals surface area contributed by atoms with Gasteiger partial charge in [-0.3, -0.25) is 43.4 Å². The van der Waals surface area contributed by atoms with Crippen molar-refractivity contribution in [1.82, 2.24) is 19.8 Å². The number of Topliss-reactive ketones (excluding diaryl/α,β-unsaturated/α-hetero) is 1. The molecule has 16 nitrogen and oxygen atoms in total. The van der Waals surface area contributed by atoms with Crippen LogP contribution < -0.4 is 113 Å². The number of esters is 2. The topological polar surface area (TPSA) is 206 Å². The van der Waals surface area contributed by atoms with Crippen molar-refractivity contribution in [3.05, 3.63) is 123 Å². The number of ketones is 1. The zero-order valence-corrected chi connectivity index (χ0v) is 49.8. The summed E-state index contributed by atoms with van der Waals surface area (Å²) < 4.78 is 117. The molecule has 0 atom stereocenters. The summed E-state index contributed by atoms with van der Waals surface area (Å²) in [6.07, 6.45) is -7.60. The van der Waals surface area contributed by atoms with Gasteiger partial charge in [0.1, 0.15) is 29.3 Å². The van der Waals surface area contributed by atoms with Crippen LogP contribution in [0.5, 0.6) is 0 Å². The van der Waals surface area contributed by atoms with E-state index in [1.807, 2.05) is 0 Å². The van der Waals surface area contributed by atoms with Gasteiger partial charge in [0.2, 0.25) is 11.8 Å². The Kier molecular flexibility index (Phi) is 26.0. The van der Waals surface area contributed by atoms with E-state index >= 15 is 0 Å². The summed E-state index contributed by atoms with van der Waals surface area (Å²) in [7, 11) is 0. The zero-order chi connectivity index (χ0) is 55.6. The van der Waals surface area contributed by atoms with Gasteiger partial charge in [-0.2, -0.15) is 26.3 Å². The van der Waals surface area contributed by atoms with Crippen molar-refractivity contribution >= 4 is 82.5 Å². The normalized spacial score (nSPS) is 19.5. The molecule has 0 N–H and O–H groups in total. The third-order valence-electron chi connectivity index (χ3n) is 12.3. The Balaban J connectivity index is 0.000000482. The molecule has 0 unspecified atom stereocenters. The maximum Gasteiger partial charge on any atom is 1.00 e.